The highest BCUT2D eigenvalue weighted by Crippen LogP contribution is 2.31. The summed E-state index contributed by atoms with van der Waals surface area (Å²) in [5.41, 5.74) is 1.44. The van der Waals surface area contributed by atoms with Gasteiger partial charge in [0, 0.05) is 18.1 Å². The molecule has 0 bridgehead atoms. The molecule has 0 aliphatic carbocycles. The molecule has 8 nitrogen and oxygen atoms in total. The third kappa shape index (κ3) is 5.53. The number of para-hydroxylation sites is 1. The number of sulfonamides is 1. The van der Waals surface area contributed by atoms with Gasteiger partial charge in [-0.3, -0.25) is 13.9 Å². The number of carbonyl (C=O) groups is 2. The van der Waals surface area contributed by atoms with Gasteiger partial charge in [0.2, 0.25) is 5.91 Å². The predicted octanol–water partition coefficient (Wildman–Crippen LogP) is 3.95. The molecule has 1 saturated heterocycles. The maximum absolute atomic E-state index is 13.6. The fraction of sp³-hybridized carbons (Fsp3) is 0.231. The molecule has 1 aliphatic rings. The van der Waals surface area contributed by atoms with E-state index < -0.39 is 22.5 Å². The van der Waals surface area contributed by atoms with Gasteiger partial charge in [0.1, 0.15) is 6.54 Å². The molecule has 1 aliphatic heterocycles. The number of rotatable bonds is 7. The molecule has 1 N–H and O–H groups in total. The highest BCUT2D eigenvalue weighted by atomic mass is 35.5. The molecule has 3 aromatic rings. The SMILES string of the molecule is Cc1c(Cl)cccc1N(CC(=O)Nc1ccccc1C(=O)N1CCOCC1)S(=O)(=O)c1ccccc1. The number of nitrogens with one attached hydrogen (secondary N) is 1. The molecule has 3 aromatic carbocycles. The zero-order chi connectivity index (χ0) is 25.7. The lowest BCUT2D eigenvalue weighted by atomic mass is 10.1. The number of morpholine rings is 1. The summed E-state index contributed by atoms with van der Waals surface area (Å²) in [5.74, 6) is -0.829. The summed E-state index contributed by atoms with van der Waals surface area (Å²) >= 11 is 6.28. The van der Waals surface area contributed by atoms with Crippen molar-refractivity contribution in [2.24, 2.45) is 0 Å². The lowest BCUT2D eigenvalue weighted by Crippen LogP contribution is -2.41. The van der Waals surface area contributed by atoms with E-state index in [9.17, 15) is 18.0 Å². The molecule has 1 fully saturated rings. The van der Waals surface area contributed by atoms with E-state index >= 15 is 0 Å². The van der Waals surface area contributed by atoms with Gasteiger partial charge < -0.3 is 15.0 Å². The van der Waals surface area contributed by atoms with Gasteiger partial charge in [-0.25, -0.2) is 8.42 Å². The van der Waals surface area contributed by atoms with Crippen LogP contribution in [0.15, 0.2) is 77.7 Å². The van der Waals surface area contributed by atoms with Crippen LogP contribution in [0.1, 0.15) is 15.9 Å². The molecule has 4 rings (SSSR count). The van der Waals surface area contributed by atoms with Crippen LogP contribution >= 0.6 is 11.6 Å². The smallest absolute Gasteiger partial charge is 0.264 e. The molecule has 0 spiro atoms. The zero-order valence-electron chi connectivity index (χ0n) is 19.7. The van der Waals surface area contributed by atoms with E-state index in [4.69, 9.17) is 16.3 Å². The average molecular weight is 528 g/mol. The van der Waals surface area contributed by atoms with Crippen molar-refractivity contribution in [3.05, 3.63) is 88.9 Å². The Hall–Kier alpha value is -3.40. The molecule has 36 heavy (non-hydrogen) atoms. The van der Waals surface area contributed by atoms with Crippen LogP contribution in [0.3, 0.4) is 0 Å². The summed E-state index contributed by atoms with van der Waals surface area (Å²) in [6.45, 7) is 2.99. The quantitative estimate of drug-likeness (QED) is 0.502. The molecule has 1 heterocycles. The van der Waals surface area contributed by atoms with Gasteiger partial charge in [-0.05, 0) is 48.9 Å². The number of hydrogen-bond acceptors (Lipinski definition) is 5. The summed E-state index contributed by atoms with van der Waals surface area (Å²) in [6.07, 6.45) is 0. The van der Waals surface area contributed by atoms with E-state index in [1.807, 2.05) is 0 Å². The van der Waals surface area contributed by atoms with Crippen LogP contribution in [0, 0.1) is 6.92 Å². The first-order valence-corrected chi connectivity index (χ1v) is 13.2. The fourth-order valence-corrected chi connectivity index (χ4v) is 5.59. The molecular formula is C26H26ClN3O5S. The monoisotopic (exact) mass is 527 g/mol. The van der Waals surface area contributed by atoms with Crippen molar-refractivity contribution in [2.75, 3.05) is 42.5 Å². The number of nitrogens with zero attached hydrogens (tertiary/aromatic N) is 2. The van der Waals surface area contributed by atoms with Gasteiger partial charge in [0.25, 0.3) is 15.9 Å². The van der Waals surface area contributed by atoms with Crippen LogP contribution < -0.4 is 9.62 Å². The van der Waals surface area contributed by atoms with Gasteiger partial charge >= 0.3 is 0 Å². The Morgan fingerprint density at radius 2 is 1.64 bits per heavy atom. The molecule has 0 saturated carbocycles. The van der Waals surface area contributed by atoms with Gasteiger partial charge in [0.05, 0.1) is 35.0 Å². The first-order chi connectivity index (χ1) is 17.3. The van der Waals surface area contributed by atoms with Crippen LogP contribution in [0.4, 0.5) is 11.4 Å². The Morgan fingerprint density at radius 1 is 0.972 bits per heavy atom. The van der Waals surface area contributed by atoms with E-state index in [2.05, 4.69) is 5.32 Å². The Bertz CT molecular complexity index is 1360. The molecular weight excluding hydrogens is 502 g/mol. The minimum absolute atomic E-state index is 0.0417. The second-order valence-corrected chi connectivity index (χ2v) is 10.5. The lowest BCUT2D eigenvalue weighted by molar-refractivity contribution is -0.114. The zero-order valence-corrected chi connectivity index (χ0v) is 21.3. The maximum atomic E-state index is 13.6. The molecule has 2 amide bonds. The molecule has 0 aromatic heterocycles. The second kappa shape index (κ2) is 11.1. The minimum Gasteiger partial charge on any atom is -0.378 e. The van der Waals surface area contributed by atoms with E-state index in [0.29, 0.717) is 53.8 Å². The van der Waals surface area contributed by atoms with Crippen LogP contribution in [0.25, 0.3) is 0 Å². The number of ether oxygens (including phenoxy) is 1. The standard InChI is InChI=1S/C26H26ClN3O5S/c1-19-22(27)11-7-13-24(19)30(36(33,34)20-8-3-2-4-9-20)18-25(31)28-23-12-6-5-10-21(23)26(32)29-14-16-35-17-15-29/h2-13H,14-18H2,1H3,(H,28,31). The number of anilines is 2. The summed E-state index contributed by atoms with van der Waals surface area (Å²) in [4.78, 5) is 28.0. The first-order valence-electron chi connectivity index (χ1n) is 11.4. The largest absolute Gasteiger partial charge is 0.378 e. The van der Waals surface area contributed by atoms with Gasteiger partial charge in [-0.15, -0.1) is 0 Å². The molecule has 0 radical (unpaired) electrons. The van der Waals surface area contributed by atoms with Gasteiger partial charge in [-0.2, -0.15) is 0 Å². The summed E-state index contributed by atoms with van der Waals surface area (Å²) in [7, 11) is -4.10. The number of carbonyl (C=O) groups excluding carboxylic acids is 2. The van der Waals surface area contributed by atoms with Crippen molar-refractivity contribution in [1.82, 2.24) is 4.90 Å². The number of halogens is 1. The van der Waals surface area contributed by atoms with Gasteiger partial charge in [0.15, 0.2) is 0 Å². The predicted molar refractivity (Wildman–Crippen MR) is 139 cm³/mol. The van der Waals surface area contributed by atoms with Crippen molar-refractivity contribution in [3.63, 3.8) is 0 Å². The Morgan fingerprint density at radius 3 is 2.36 bits per heavy atom. The summed E-state index contributed by atoms with van der Waals surface area (Å²) < 4.78 is 33.5. The number of amides is 2. The minimum atomic E-state index is -4.10. The third-order valence-corrected chi connectivity index (χ3v) is 8.04. The third-order valence-electron chi connectivity index (χ3n) is 5.86. The highest BCUT2D eigenvalue weighted by molar-refractivity contribution is 7.92. The maximum Gasteiger partial charge on any atom is 0.264 e. The normalized spacial score (nSPS) is 13.8. The Balaban J connectivity index is 1.64. The highest BCUT2D eigenvalue weighted by Gasteiger charge is 2.29. The van der Waals surface area contributed by atoms with E-state index in [-0.39, 0.29) is 10.8 Å². The van der Waals surface area contributed by atoms with Crippen molar-refractivity contribution < 1.29 is 22.7 Å². The van der Waals surface area contributed by atoms with Crippen molar-refractivity contribution in [3.8, 4) is 0 Å². The van der Waals surface area contributed by atoms with E-state index in [1.54, 1.807) is 72.5 Å². The lowest BCUT2D eigenvalue weighted by Gasteiger charge is -2.28. The Kier molecular flexibility index (Phi) is 7.93. The summed E-state index contributed by atoms with van der Waals surface area (Å²) in [5, 5.41) is 3.11. The molecule has 188 valence electrons. The second-order valence-electron chi connectivity index (χ2n) is 8.21. The Labute approximate surface area is 215 Å². The van der Waals surface area contributed by atoms with Crippen LogP contribution in [0.2, 0.25) is 5.02 Å². The van der Waals surface area contributed by atoms with E-state index in [1.165, 1.54) is 12.1 Å². The average Bonchev–Trinajstić information content (AvgIpc) is 2.90. The molecule has 0 unspecified atom stereocenters. The van der Waals surface area contributed by atoms with Crippen molar-refractivity contribution in [1.29, 1.82) is 0 Å². The first kappa shape index (κ1) is 25.7. The van der Waals surface area contributed by atoms with Crippen LogP contribution in [-0.2, 0) is 19.6 Å². The van der Waals surface area contributed by atoms with Crippen LogP contribution in [-0.4, -0.2) is 58.0 Å². The van der Waals surface area contributed by atoms with Crippen molar-refractivity contribution >= 4 is 44.8 Å². The molecule has 10 heteroatoms. The van der Waals surface area contributed by atoms with Crippen molar-refractivity contribution in [2.45, 2.75) is 11.8 Å². The summed E-state index contributed by atoms with van der Waals surface area (Å²) in [6, 6.07) is 19.4. The number of hydrogen-bond donors (Lipinski definition) is 1. The molecule has 0 atom stereocenters. The number of benzene rings is 3. The van der Waals surface area contributed by atoms with E-state index in [0.717, 1.165) is 4.31 Å². The van der Waals surface area contributed by atoms with Crippen LogP contribution in [0.5, 0.6) is 0 Å². The van der Waals surface area contributed by atoms with Gasteiger partial charge in [-0.1, -0.05) is 48.0 Å². The topological polar surface area (TPSA) is 96.0 Å². The fourth-order valence-electron chi connectivity index (χ4n) is 3.92.